The van der Waals surface area contributed by atoms with Crippen LogP contribution in [0, 0.1) is 0 Å². The van der Waals surface area contributed by atoms with Gasteiger partial charge in [0.15, 0.2) is 8.07 Å². The second kappa shape index (κ2) is 12.0. The quantitative estimate of drug-likeness (QED) is 0.170. The highest BCUT2D eigenvalue weighted by Gasteiger charge is 2.48. The lowest BCUT2D eigenvalue weighted by atomic mass is 9.34. The first-order chi connectivity index (χ1) is 24.8. The zero-order valence-electron chi connectivity index (χ0n) is 30.4. The summed E-state index contributed by atoms with van der Waals surface area (Å²) in [4.78, 5) is 2.48. The maximum Gasteiger partial charge on any atom is 0.251 e. The molecule has 0 amide bonds. The van der Waals surface area contributed by atoms with E-state index >= 15 is 0 Å². The summed E-state index contributed by atoms with van der Waals surface area (Å²) in [5.74, 6) is 3.13. The van der Waals surface area contributed by atoms with Gasteiger partial charge in [-0.2, -0.15) is 0 Å². The number of hydrogen-bond acceptors (Lipinski definition) is 2. The van der Waals surface area contributed by atoms with Crippen LogP contribution in [0.25, 0.3) is 6.08 Å². The van der Waals surface area contributed by atoms with E-state index in [1.807, 2.05) is 0 Å². The van der Waals surface area contributed by atoms with Crippen LogP contribution in [0.15, 0.2) is 133 Å². The third-order valence-electron chi connectivity index (χ3n) is 11.5. The van der Waals surface area contributed by atoms with E-state index in [9.17, 15) is 0 Å². The number of anilines is 3. The van der Waals surface area contributed by atoms with Crippen molar-refractivity contribution >= 4 is 69.9 Å². The predicted molar refractivity (Wildman–Crippen MR) is 221 cm³/mol. The molecule has 0 saturated heterocycles. The maximum atomic E-state index is 6.91. The van der Waals surface area contributed by atoms with Gasteiger partial charge in [-0.3, -0.25) is 0 Å². The highest BCUT2D eigenvalue weighted by molar-refractivity contribution is 7.18. The van der Waals surface area contributed by atoms with Crippen LogP contribution in [0.4, 0.5) is 17.1 Å². The van der Waals surface area contributed by atoms with E-state index in [0.717, 1.165) is 17.2 Å². The van der Waals surface area contributed by atoms with E-state index in [4.69, 9.17) is 4.74 Å². The molecular formula is C47H44BNOSi. The van der Waals surface area contributed by atoms with Crippen molar-refractivity contribution in [2.24, 2.45) is 0 Å². The van der Waals surface area contributed by atoms with Gasteiger partial charge in [-0.05, 0) is 90.8 Å². The second-order valence-electron chi connectivity index (χ2n) is 15.5. The van der Waals surface area contributed by atoms with Gasteiger partial charge >= 0.3 is 0 Å². The van der Waals surface area contributed by atoms with Crippen molar-refractivity contribution < 1.29 is 4.74 Å². The minimum absolute atomic E-state index is 0.0757. The highest BCUT2D eigenvalue weighted by Crippen LogP contribution is 2.41. The first kappa shape index (κ1) is 31.9. The maximum absolute atomic E-state index is 6.91. The molecule has 0 aliphatic carbocycles. The van der Waals surface area contributed by atoms with E-state index in [1.165, 1.54) is 65.6 Å². The number of fused-ring (bicyclic) bond motifs is 8. The molecule has 6 aromatic carbocycles. The van der Waals surface area contributed by atoms with E-state index in [0.29, 0.717) is 17.8 Å². The molecule has 9 rings (SSSR count). The molecule has 0 saturated carbocycles. The summed E-state index contributed by atoms with van der Waals surface area (Å²) in [6, 6.07) is 47.8. The first-order valence-electron chi connectivity index (χ1n) is 18.6. The van der Waals surface area contributed by atoms with Crippen molar-refractivity contribution in [2.75, 3.05) is 4.90 Å². The van der Waals surface area contributed by atoms with Crippen LogP contribution in [-0.2, 0) is 0 Å². The molecule has 3 aliphatic heterocycles. The normalized spacial score (nSPS) is 14.8. The molecule has 6 aromatic rings. The fourth-order valence-corrected chi connectivity index (χ4v) is 13.8. The molecular weight excluding hydrogens is 633 g/mol. The Morgan fingerprint density at radius 2 is 1.12 bits per heavy atom. The lowest BCUT2D eigenvalue weighted by Gasteiger charge is -2.42. The summed E-state index contributed by atoms with van der Waals surface area (Å²) < 4.78 is 6.91. The number of para-hydroxylation sites is 3. The monoisotopic (exact) mass is 677 g/mol. The number of rotatable bonds is 5. The highest BCUT2D eigenvalue weighted by atomic mass is 28.3. The SMILES string of the molecule is CC(C)c1cc(C(C)C)c(B2c3ccccc3Oc3cc(N4c5ccccc5[Si]5(C=Cc6ccccc65)c5ccccc54)ccc32)c(C(C)C)c1. The number of hydrogen-bond donors (Lipinski definition) is 0. The lowest BCUT2D eigenvalue weighted by Crippen LogP contribution is -2.68. The predicted octanol–water partition coefficient (Wildman–Crippen LogP) is 8.50. The van der Waals surface area contributed by atoms with Gasteiger partial charge in [-0.25, -0.2) is 0 Å². The zero-order chi connectivity index (χ0) is 35.0. The number of ether oxygens (including phenoxy) is 1. The molecule has 250 valence electrons. The molecule has 51 heavy (non-hydrogen) atoms. The molecule has 0 radical (unpaired) electrons. The van der Waals surface area contributed by atoms with Crippen molar-refractivity contribution in [1.82, 2.24) is 0 Å². The van der Waals surface area contributed by atoms with Gasteiger partial charge in [-0.1, -0.05) is 156 Å². The molecule has 2 nitrogen and oxygen atoms in total. The average molecular weight is 678 g/mol. The molecule has 3 aliphatic rings. The van der Waals surface area contributed by atoms with Crippen LogP contribution < -0.4 is 41.6 Å². The summed E-state index contributed by atoms with van der Waals surface area (Å²) in [6.07, 6.45) is 2.36. The third kappa shape index (κ3) is 4.76. The Morgan fingerprint density at radius 1 is 0.549 bits per heavy atom. The Hall–Kier alpha value is -5.06. The van der Waals surface area contributed by atoms with Gasteiger partial charge in [0.1, 0.15) is 11.5 Å². The van der Waals surface area contributed by atoms with Gasteiger partial charge in [0.2, 0.25) is 0 Å². The van der Waals surface area contributed by atoms with Crippen LogP contribution in [-0.4, -0.2) is 14.8 Å². The minimum atomic E-state index is -2.39. The zero-order valence-corrected chi connectivity index (χ0v) is 31.4. The fraction of sp³-hybridized carbons (Fsp3) is 0.191. The van der Waals surface area contributed by atoms with Crippen molar-refractivity contribution in [2.45, 2.75) is 59.3 Å². The summed E-state index contributed by atoms with van der Waals surface area (Å²) in [5.41, 5.74) is 15.8. The first-order valence-corrected chi connectivity index (χ1v) is 20.7. The van der Waals surface area contributed by atoms with Gasteiger partial charge in [0.25, 0.3) is 6.71 Å². The average Bonchev–Trinajstić information content (AvgIpc) is 3.53. The van der Waals surface area contributed by atoms with Crippen LogP contribution in [0.5, 0.6) is 11.5 Å². The van der Waals surface area contributed by atoms with Gasteiger partial charge < -0.3 is 9.64 Å². The second-order valence-corrected chi connectivity index (χ2v) is 19.0. The summed E-state index contributed by atoms with van der Waals surface area (Å²) in [7, 11) is -2.39. The summed E-state index contributed by atoms with van der Waals surface area (Å²) >= 11 is 0. The van der Waals surface area contributed by atoms with E-state index < -0.39 is 8.07 Å². The van der Waals surface area contributed by atoms with E-state index in [1.54, 1.807) is 0 Å². The Balaban J connectivity index is 1.26. The smallest absolute Gasteiger partial charge is 0.251 e. The molecule has 1 spiro atoms. The molecule has 4 heteroatoms. The van der Waals surface area contributed by atoms with Crippen molar-refractivity contribution in [1.29, 1.82) is 0 Å². The van der Waals surface area contributed by atoms with Crippen LogP contribution >= 0.6 is 0 Å². The Kier molecular flexibility index (Phi) is 7.52. The molecule has 0 fully saturated rings. The van der Waals surface area contributed by atoms with Gasteiger partial charge in [0.05, 0.1) is 0 Å². The van der Waals surface area contributed by atoms with Crippen LogP contribution in [0.3, 0.4) is 0 Å². The standard InChI is InChI=1S/C47H44BNOSi/c1-30(2)34-27-36(31(3)4)47(37(28-34)32(5)6)48-38-16-8-11-19-42(38)50-43-29-35(23-24-39(43)48)49-40-17-9-13-21-45(40)51(46-22-14-10-18-41(46)49)26-25-33-15-7-12-20-44(33)51/h7-32H,1-6H3. The topological polar surface area (TPSA) is 12.5 Å². The molecule has 0 bridgehead atoms. The van der Waals surface area contributed by atoms with Crippen molar-refractivity contribution in [3.63, 3.8) is 0 Å². The van der Waals surface area contributed by atoms with Gasteiger partial charge in [-0.15, -0.1) is 0 Å². The summed E-state index contributed by atoms with van der Waals surface area (Å²) in [5, 5.41) is 4.34. The Labute approximate surface area is 304 Å². The van der Waals surface area contributed by atoms with E-state index in [2.05, 4.69) is 186 Å². The van der Waals surface area contributed by atoms with Crippen LogP contribution in [0.1, 0.15) is 81.5 Å². The molecule has 0 aromatic heterocycles. The summed E-state index contributed by atoms with van der Waals surface area (Å²) in [6.45, 7) is 14.1. The lowest BCUT2D eigenvalue weighted by molar-refractivity contribution is 0.487. The minimum Gasteiger partial charge on any atom is -0.458 e. The van der Waals surface area contributed by atoms with E-state index in [-0.39, 0.29) is 6.71 Å². The van der Waals surface area contributed by atoms with Crippen LogP contribution in [0.2, 0.25) is 0 Å². The Bertz CT molecular complexity index is 2290. The molecule has 0 atom stereocenters. The van der Waals surface area contributed by atoms with Crippen molar-refractivity contribution in [3.8, 4) is 11.5 Å². The molecule has 3 heterocycles. The number of benzene rings is 6. The van der Waals surface area contributed by atoms with Gasteiger partial charge in [0, 0.05) is 23.1 Å². The Morgan fingerprint density at radius 3 is 1.76 bits per heavy atom. The van der Waals surface area contributed by atoms with Crippen molar-refractivity contribution in [3.05, 3.63) is 155 Å². The fourth-order valence-electron chi connectivity index (χ4n) is 9.08. The molecule has 0 N–H and O–H groups in total. The number of nitrogens with zero attached hydrogens (tertiary/aromatic N) is 1. The third-order valence-corrected chi connectivity index (χ3v) is 16.0. The largest absolute Gasteiger partial charge is 0.458 e. The molecule has 0 unspecified atom stereocenters.